The summed E-state index contributed by atoms with van der Waals surface area (Å²) in [6.45, 7) is 0.207. The Hall–Kier alpha value is -2.62. The molecule has 6 nitrogen and oxygen atoms in total. The quantitative estimate of drug-likeness (QED) is 0.588. The molecule has 9 heteroatoms. The summed E-state index contributed by atoms with van der Waals surface area (Å²) in [5.74, 6) is -0.943. The number of pyridine rings is 1. The Bertz CT molecular complexity index is 1050. The Morgan fingerprint density at radius 1 is 1.14 bits per heavy atom. The van der Waals surface area contributed by atoms with Crippen molar-refractivity contribution in [3.63, 3.8) is 0 Å². The fourth-order valence-electron chi connectivity index (χ4n) is 2.48. The van der Waals surface area contributed by atoms with Gasteiger partial charge in [0.25, 0.3) is 0 Å². The van der Waals surface area contributed by atoms with Gasteiger partial charge in [-0.05, 0) is 52.2 Å². The lowest BCUT2D eigenvalue weighted by Gasteiger charge is -2.08. The fraction of sp³-hybridized carbons (Fsp3) is 0.158. The summed E-state index contributed by atoms with van der Waals surface area (Å²) >= 11 is 1.59. The van der Waals surface area contributed by atoms with Crippen LogP contribution in [0.15, 0.2) is 64.4 Å². The largest absolute Gasteiger partial charge is 0.352 e. The zero-order valence-electron chi connectivity index (χ0n) is 14.8. The molecule has 0 bridgehead atoms. The minimum atomic E-state index is -3.86. The van der Waals surface area contributed by atoms with E-state index >= 15 is 0 Å². The molecule has 0 atom stereocenters. The second-order valence-electron chi connectivity index (χ2n) is 5.98. The zero-order valence-corrected chi connectivity index (χ0v) is 16.4. The van der Waals surface area contributed by atoms with Crippen molar-refractivity contribution in [1.82, 2.24) is 15.0 Å². The van der Waals surface area contributed by atoms with Crippen molar-refractivity contribution in [1.29, 1.82) is 0 Å². The number of hydrogen-bond acceptors (Lipinski definition) is 5. The van der Waals surface area contributed by atoms with Gasteiger partial charge in [-0.25, -0.2) is 17.5 Å². The number of carbonyl (C=O) groups is 1. The Kier molecular flexibility index (Phi) is 6.50. The van der Waals surface area contributed by atoms with E-state index in [1.54, 1.807) is 23.7 Å². The molecule has 0 unspecified atom stereocenters. The Morgan fingerprint density at radius 3 is 2.75 bits per heavy atom. The van der Waals surface area contributed by atoms with Crippen molar-refractivity contribution in [2.75, 3.05) is 6.54 Å². The highest BCUT2D eigenvalue weighted by atomic mass is 32.2. The standard InChI is InChI=1S/C19H18FN3O3S2/c20-17-2-1-3-18(9-17)28(25,26)23-6-4-19(24)22-11-14-8-16(12-21-10-14)15-5-7-27-13-15/h1-3,5,7-10,12-13,23H,4,6,11H2,(H,22,24). The van der Waals surface area contributed by atoms with E-state index < -0.39 is 15.8 Å². The summed E-state index contributed by atoms with van der Waals surface area (Å²) in [6, 6.07) is 8.63. The van der Waals surface area contributed by atoms with E-state index in [2.05, 4.69) is 15.0 Å². The first-order valence-electron chi connectivity index (χ1n) is 8.42. The molecule has 1 amide bonds. The maximum absolute atomic E-state index is 13.2. The van der Waals surface area contributed by atoms with Crippen LogP contribution in [0.1, 0.15) is 12.0 Å². The second-order valence-corrected chi connectivity index (χ2v) is 8.52. The summed E-state index contributed by atoms with van der Waals surface area (Å²) in [7, 11) is -3.86. The molecule has 146 valence electrons. The lowest BCUT2D eigenvalue weighted by molar-refractivity contribution is -0.121. The number of carbonyl (C=O) groups excluding carboxylic acids is 1. The monoisotopic (exact) mass is 419 g/mol. The SMILES string of the molecule is O=C(CCNS(=O)(=O)c1cccc(F)c1)NCc1cncc(-c2ccsc2)c1. The summed E-state index contributed by atoms with van der Waals surface area (Å²) in [5, 5.41) is 6.73. The molecule has 0 aliphatic heterocycles. The number of nitrogens with one attached hydrogen (secondary N) is 2. The van der Waals surface area contributed by atoms with Gasteiger partial charge in [0.05, 0.1) is 4.90 Å². The maximum Gasteiger partial charge on any atom is 0.240 e. The number of aromatic nitrogens is 1. The van der Waals surface area contributed by atoms with Gasteiger partial charge >= 0.3 is 0 Å². The first-order chi connectivity index (χ1) is 13.4. The highest BCUT2D eigenvalue weighted by molar-refractivity contribution is 7.89. The third kappa shape index (κ3) is 5.44. The van der Waals surface area contributed by atoms with Crippen molar-refractivity contribution in [2.24, 2.45) is 0 Å². The van der Waals surface area contributed by atoms with Crippen molar-refractivity contribution in [3.05, 3.63) is 70.9 Å². The topological polar surface area (TPSA) is 88.2 Å². The number of benzene rings is 1. The van der Waals surface area contributed by atoms with Crippen LogP contribution in [0.4, 0.5) is 4.39 Å². The van der Waals surface area contributed by atoms with Gasteiger partial charge in [-0.15, -0.1) is 0 Å². The van der Waals surface area contributed by atoms with Crippen LogP contribution < -0.4 is 10.0 Å². The molecule has 0 aliphatic rings. The summed E-state index contributed by atoms with van der Waals surface area (Å²) in [4.78, 5) is 16.0. The Balaban J connectivity index is 1.48. The van der Waals surface area contributed by atoms with E-state index in [0.717, 1.165) is 28.8 Å². The number of sulfonamides is 1. The summed E-state index contributed by atoms with van der Waals surface area (Å²) in [6.07, 6.45) is 3.39. The van der Waals surface area contributed by atoms with Crippen molar-refractivity contribution >= 4 is 27.3 Å². The van der Waals surface area contributed by atoms with E-state index in [1.165, 1.54) is 12.1 Å². The predicted molar refractivity (Wildman–Crippen MR) is 106 cm³/mol. The summed E-state index contributed by atoms with van der Waals surface area (Å²) < 4.78 is 39.6. The minimum Gasteiger partial charge on any atom is -0.352 e. The Labute approximate surface area is 166 Å². The number of rotatable bonds is 8. The lowest BCUT2D eigenvalue weighted by atomic mass is 10.1. The van der Waals surface area contributed by atoms with E-state index in [0.29, 0.717) is 6.54 Å². The molecule has 2 aromatic heterocycles. The molecule has 1 aromatic carbocycles. The third-order valence-electron chi connectivity index (χ3n) is 3.89. The lowest BCUT2D eigenvalue weighted by Crippen LogP contribution is -2.30. The van der Waals surface area contributed by atoms with Crippen molar-refractivity contribution in [2.45, 2.75) is 17.9 Å². The maximum atomic E-state index is 13.2. The molecule has 3 rings (SSSR count). The molecule has 2 N–H and O–H groups in total. The van der Waals surface area contributed by atoms with Gasteiger partial charge in [0.15, 0.2) is 0 Å². The smallest absolute Gasteiger partial charge is 0.240 e. The van der Waals surface area contributed by atoms with Crippen LogP contribution in [0.3, 0.4) is 0 Å². The average Bonchev–Trinajstić information content (AvgIpc) is 3.21. The number of hydrogen-bond donors (Lipinski definition) is 2. The van der Waals surface area contributed by atoms with Crippen molar-refractivity contribution < 1.29 is 17.6 Å². The zero-order chi connectivity index (χ0) is 20.0. The van der Waals surface area contributed by atoms with Crippen LogP contribution in [0, 0.1) is 5.82 Å². The van der Waals surface area contributed by atoms with E-state index in [9.17, 15) is 17.6 Å². The molecule has 0 radical (unpaired) electrons. The second kappa shape index (κ2) is 9.05. The molecule has 2 heterocycles. The number of thiophene rings is 1. The van der Waals surface area contributed by atoms with E-state index in [4.69, 9.17) is 0 Å². The van der Waals surface area contributed by atoms with Gasteiger partial charge in [-0.2, -0.15) is 11.3 Å². The molecule has 28 heavy (non-hydrogen) atoms. The molecule has 0 fully saturated rings. The average molecular weight is 420 g/mol. The first kappa shape index (κ1) is 20.1. The van der Waals surface area contributed by atoms with Gasteiger partial charge in [0.1, 0.15) is 5.82 Å². The molecule has 3 aromatic rings. The first-order valence-corrected chi connectivity index (χ1v) is 10.8. The molecular weight excluding hydrogens is 401 g/mol. The van der Waals surface area contributed by atoms with Gasteiger partial charge in [0.2, 0.25) is 15.9 Å². The number of amides is 1. The number of halogens is 1. The van der Waals surface area contributed by atoms with Crippen LogP contribution in [0.5, 0.6) is 0 Å². The van der Waals surface area contributed by atoms with Crippen molar-refractivity contribution in [3.8, 4) is 11.1 Å². The predicted octanol–water partition coefficient (Wildman–Crippen LogP) is 2.93. The van der Waals surface area contributed by atoms with Gasteiger partial charge in [0, 0.05) is 37.5 Å². The highest BCUT2D eigenvalue weighted by Gasteiger charge is 2.14. The minimum absolute atomic E-state index is 0.0355. The fourth-order valence-corrected chi connectivity index (χ4v) is 4.20. The molecule has 0 saturated heterocycles. The van der Waals surface area contributed by atoms with Crippen LogP contribution in [0.2, 0.25) is 0 Å². The van der Waals surface area contributed by atoms with Gasteiger partial charge in [-0.3, -0.25) is 9.78 Å². The van der Waals surface area contributed by atoms with Gasteiger partial charge in [-0.1, -0.05) is 6.07 Å². The normalized spacial score (nSPS) is 11.3. The van der Waals surface area contributed by atoms with Crippen LogP contribution >= 0.6 is 11.3 Å². The van der Waals surface area contributed by atoms with E-state index in [1.807, 2.05) is 22.9 Å². The van der Waals surface area contributed by atoms with Crippen LogP contribution in [-0.2, 0) is 21.4 Å². The Morgan fingerprint density at radius 2 is 2.00 bits per heavy atom. The van der Waals surface area contributed by atoms with Gasteiger partial charge < -0.3 is 5.32 Å². The third-order valence-corrected chi connectivity index (χ3v) is 6.03. The molecule has 0 saturated carbocycles. The number of nitrogens with zero attached hydrogens (tertiary/aromatic N) is 1. The molecule has 0 aliphatic carbocycles. The highest BCUT2D eigenvalue weighted by Crippen LogP contribution is 2.21. The van der Waals surface area contributed by atoms with Crippen LogP contribution in [0.25, 0.3) is 11.1 Å². The van der Waals surface area contributed by atoms with Crippen LogP contribution in [-0.4, -0.2) is 25.9 Å². The molecule has 0 spiro atoms. The molecular formula is C19H18FN3O3S2. The van der Waals surface area contributed by atoms with E-state index in [-0.39, 0.29) is 23.8 Å². The summed E-state index contributed by atoms with van der Waals surface area (Å²) in [5.41, 5.74) is 2.88.